The molecule has 0 spiro atoms. The maximum atomic E-state index is 14.4. The first-order chi connectivity index (χ1) is 22.0. The third kappa shape index (κ3) is 7.02. The van der Waals surface area contributed by atoms with Crippen LogP contribution < -0.4 is 21.7 Å². The molecule has 2 amide bonds. The van der Waals surface area contributed by atoms with Crippen molar-refractivity contribution in [2.24, 2.45) is 0 Å². The lowest BCUT2D eigenvalue weighted by atomic mass is 9.93. The van der Waals surface area contributed by atoms with Gasteiger partial charge < -0.3 is 29.7 Å². The Kier molecular flexibility index (Phi) is 9.96. The van der Waals surface area contributed by atoms with Gasteiger partial charge in [0.25, 0.3) is 0 Å². The Morgan fingerprint density at radius 1 is 1.07 bits per heavy atom. The molecule has 11 nitrogen and oxygen atoms in total. The van der Waals surface area contributed by atoms with Crippen LogP contribution in [0.25, 0.3) is 10.8 Å². The van der Waals surface area contributed by atoms with Crippen LogP contribution in [0.4, 0.5) is 22.0 Å². The topological polar surface area (TPSA) is 145 Å². The van der Waals surface area contributed by atoms with Gasteiger partial charge in [-0.25, -0.2) is 9.78 Å². The minimum atomic E-state index is -3.75. The smallest absolute Gasteiger partial charge is 0.411 e. The largest absolute Gasteiger partial charge is 0.449 e. The molecule has 1 aromatic heterocycles. The van der Waals surface area contributed by atoms with Crippen molar-refractivity contribution >= 4 is 52.9 Å². The second-order valence-corrected chi connectivity index (χ2v) is 13.3. The predicted molar refractivity (Wildman–Crippen MR) is 180 cm³/mol. The van der Waals surface area contributed by atoms with Gasteiger partial charge in [0.05, 0.1) is 25.1 Å². The van der Waals surface area contributed by atoms with E-state index in [1.165, 1.54) is 0 Å². The number of hydrogen-bond acceptors (Lipinski definition) is 9. The van der Waals surface area contributed by atoms with E-state index in [1.54, 1.807) is 50.2 Å². The van der Waals surface area contributed by atoms with Crippen molar-refractivity contribution in [2.45, 2.75) is 46.2 Å². The van der Waals surface area contributed by atoms with E-state index < -0.39 is 19.7 Å². The van der Waals surface area contributed by atoms with Crippen molar-refractivity contribution in [1.82, 2.24) is 9.88 Å². The summed E-state index contributed by atoms with van der Waals surface area (Å²) in [5.41, 5.74) is 10.4. The molecule has 3 aromatic carbocycles. The lowest BCUT2D eigenvalue weighted by Crippen LogP contribution is -2.36. The SMILES string of the molecule is CCOP(=O)(OCC)c1ccc2cc1CN(C)C(=O)C(Nc1ccc3c(N)nccc3c1)c1ccc(c(C)c1)[C@@H](C)COC(=O)N2. The van der Waals surface area contributed by atoms with E-state index in [2.05, 4.69) is 15.6 Å². The number of nitrogen functional groups attached to an aromatic ring is 1. The minimum absolute atomic E-state index is 0.0507. The number of ether oxygens (including phenoxy) is 1. The number of nitrogens with zero attached hydrogens (tertiary/aromatic N) is 2. The van der Waals surface area contributed by atoms with Crippen LogP contribution in [0.2, 0.25) is 0 Å². The lowest BCUT2D eigenvalue weighted by Gasteiger charge is -2.28. The molecule has 0 fully saturated rings. The van der Waals surface area contributed by atoms with E-state index in [4.69, 9.17) is 19.5 Å². The average molecular weight is 646 g/mol. The van der Waals surface area contributed by atoms with Crippen LogP contribution in [0.3, 0.4) is 0 Å². The number of nitrogens with one attached hydrogen (secondary N) is 2. The monoisotopic (exact) mass is 645 g/mol. The van der Waals surface area contributed by atoms with Crippen molar-refractivity contribution < 1.29 is 27.9 Å². The van der Waals surface area contributed by atoms with E-state index in [0.29, 0.717) is 22.4 Å². The molecule has 0 radical (unpaired) electrons. The second-order valence-electron chi connectivity index (χ2n) is 11.3. The van der Waals surface area contributed by atoms with Crippen LogP contribution in [0.1, 0.15) is 55.0 Å². The van der Waals surface area contributed by atoms with Gasteiger partial charge in [-0.3, -0.25) is 14.7 Å². The average Bonchev–Trinajstić information content (AvgIpc) is 3.02. The molecular formula is C34H40N5O6P. The standard InChI is InChI=1S/C34H40N5O6P/c1-6-44-46(42,45-7-2)30-13-10-27-18-25(30)19-39(5)33(40)31(37-26-9-12-29-23(17-26)14-15-36-32(29)35)24-8-11-28(21(3)16-24)22(4)20-43-34(41)38-27/h8-18,22,31,37H,6-7,19-20H2,1-5H3,(H2,35,36)(H,38,41)/t22-,31?/m0/s1. The van der Waals surface area contributed by atoms with Crippen LogP contribution in [0.5, 0.6) is 0 Å². The van der Waals surface area contributed by atoms with Gasteiger partial charge in [0, 0.05) is 42.5 Å². The van der Waals surface area contributed by atoms with Gasteiger partial charge in [0.1, 0.15) is 11.9 Å². The maximum Gasteiger partial charge on any atom is 0.411 e. The van der Waals surface area contributed by atoms with Crippen LogP contribution in [0, 0.1) is 6.92 Å². The number of carbonyl (C=O) groups excluding carboxylic acids is 2. The fraction of sp³-hybridized carbons (Fsp3) is 0.324. The first-order valence-electron chi connectivity index (χ1n) is 15.3. The molecule has 0 aliphatic carbocycles. The summed E-state index contributed by atoms with van der Waals surface area (Å²) >= 11 is 0. The highest BCUT2D eigenvalue weighted by atomic mass is 31.2. The van der Waals surface area contributed by atoms with Crippen molar-refractivity contribution in [2.75, 3.05) is 43.2 Å². The summed E-state index contributed by atoms with van der Waals surface area (Å²) in [6.45, 7) is 7.95. The van der Waals surface area contributed by atoms with Crippen molar-refractivity contribution in [3.8, 4) is 0 Å². The highest BCUT2D eigenvalue weighted by Gasteiger charge is 2.32. The maximum absolute atomic E-state index is 14.4. The summed E-state index contributed by atoms with van der Waals surface area (Å²) in [4.78, 5) is 32.9. The highest BCUT2D eigenvalue weighted by Crippen LogP contribution is 2.48. The van der Waals surface area contributed by atoms with E-state index in [-0.39, 0.29) is 38.2 Å². The summed E-state index contributed by atoms with van der Waals surface area (Å²) in [5, 5.41) is 8.23. The number of benzene rings is 3. The van der Waals surface area contributed by atoms with Crippen LogP contribution >= 0.6 is 7.60 Å². The zero-order chi connectivity index (χ0) is 33.0. The number of hydrogen-bond donors (Lipinski definition) is 3. The van der Waals surface area contributed by atoms with Crippen LogP contribution in [0.15, 0.2) is 66.9 Å². The Bertz CT molecular complexity index is 1800. The molecule has 0 saturated heterocycles. The molecule has 6 rings (SSSR count). The number of fused-ring (bicyclic) bond motifs is 10. The van der Waals surface area contributed by atoms with Gasteiger partial charge in [-0.1, -0.05) is 25.1 Å². The molecule has 2 aliphatic rings. The van der Waals surface area contributed by atoms with Crippen LogP contribution in [-0.2, 0) is 29.7 Å². The Hall–Kier alpha value is -4.44. The van der Waals surface area contributed by atoms with Gasteiger partial charge in [0.15, 0.2) is 0 Å². The van der Waals surface area contributed by atoms with Gasteiger partial charge in [-0.2, -0.15) is 0 Å². The Morgan fingerprint density at radius 3 is 2.54 bits per heavy atom. The van der Waals surface area contributed by atoms with Gasteiger partial charge in [-0.05, 0) is 90.9 Å². The van der Waals surface area contributed by atoms with E-state index in [9.17, 15) is 14.2 Å². The normalized spacial score (nSPS) is 17.5. The number of anilines is 3. The van der Waals surface area contributed by atoms with Gasteiger partial charge >= 0.3 is 13.7 Å². The predicted octanol–water partition coefficient (Wildman–Crippen LogP) is 6.49. The quantitative estimate of drug-likeness (QED) is 0.192. The summed E-state index contributed by atoms with van der Waals surface area (Å²) in [6, 6.07) is 17.5. The Morgan fingerprint density at radius 2 is 1.83 bits per heavy atom. The molecule has 2 aliphatic heterocycles. The fourth-order valence-corrected chi connectivity index (χ4v) is 7.53. The molecule has 46 heavy (non-hydrogen) atoms. The molecule has 3 heterocycles. The molecule has 4 bridgehead atoms. The van der Waals surface area contributed by atoms with Crippen molar-refractivity contribution in [1.29, 1.82) is 0 Å². The number of carbonyl (C=O) groups is 2. The molecule has 0 saturated carbocycles. The number of amides is 2. The molecular weight excluding hydrogens is 605 g/mol. The Balaban J connectivity index is 1.60. The summed E-state index contributed by atoms with van der Waals surface area (Å²) < 4.78 is 30.8. The van der Waals surface area contributed by atoms with Crippen molar-refractivity contribution in [3.05, 3.63) is 89.1 Å². The first-order valence-corrected chi connectivity index (χ1v) is 16.8. The molecule has 242 valence electrons. The number of aromatic nitrogens is 1. The van der Waals surface area contributed by atoms with E-state index in [1.807, 2.05) is 56.3 Å². The third-order valence-electron chi connectivity index (χ3n) is 7.98. The number of pyridine rings is 1. The number of rotatable bonds is 7. The second kappa shape index (κ2) is 13.9. The summed E-state index contributed by atoms with van der Waals surface area (Å²) in [6.07, 6.45) is 1.03. The zero-order valence-electron chi connectivity index (χ0n) is 26.7. The van der Waals surface area contributed by atoms with E-state index in [0.717, 1.165) is 33.2 Å². The van der Waals surface area contributed by atoms with Gasteiger partial charge in [0.2, 0.25) is 5.91 Å². The lowest BCUT2D eigenvalue weighted by molar-refractivity contribution is -0.131. The minimum Gasteiger partial charge on any atom is -0.449 e. The Labute approximate surface area is 269 Å². The van der Waals surface area contributed by atoms with E-state index >= 15 is 0 Å². The third-order valence-corrected chi connectivity index (χ3v) is 10.2. The number of likely N-dealkylation sites (N-methyl/N-ethyl adjacent to an activating group) is 1. The highest BCUT2D eigenvalue weighted by molar-refractivity contribution is 7.62. The molecule has 4 aromatic rings. The molecule has 2 atom stereocenters. The van der Waals surface area contributed by atoms with Crippen molar-refractivity contribution in [3.63, 3.8) is 0 Å². The molecule has 12 heteroatoms. The molecule has 1 unspecified atom stereocenters. The fourth-order valence-electron chi connectivity index (χ4n) is 5.75. The first kappa shape index (κ1) is 32.9. The summed E-state index contributed by atoms with van der Waals surface area (Å²) in [5.74, 6) is 0.103. The number of aryl methyl sites for hydroxylation is 1. The van der Waals surface area contributed by atoms with Crippen LogP contribution in [-0.4, -0.2) is 48.8 Å². The zero-order valence-corrected chi connectivity index (χ0v) is 27.6. The van der Waals surface area contributed by atoms with Gasteiger partial charge in [-0.15, -0.1) is 0 Å². The summed E-state index contributed by atoms with van der Waals surface area (Å²) in [7, 11) is -2.07. The molecule has 4 N–H and O–H groups in total. The number of nitrogens with two attached hydrogens (primary N) is 1.